The molecule has 0 spiro atoms. The van der Waals surface area contributed by atoms with Crippen molar-refractivity contribution in [2.75, 3.05) is 12.8 Å². The summed E-state index contributed by atoms with van der Waals surface area (Å²) in [5, 5.41) is 0. The van der Waals surface area contributed by atoms with Crippen LogP contribution in [-0.4, -0.2) is 17.9 Å². The molecule has 1 aromatic heterocycles. The van der Waals surface area contributed by atoms with Crippen LogP contribution in [0.15, 0.2) is 36.5 Å². The van der Waals surface area contributed by atoms with Crippen molar-refractivity contribution in [1.82, 2.24) is 4.98 Å². The molecule has 0 saturated heterocycles. The minimum absolute atomic E-state index is 0.0556. The average Bonchev–Trinajstić information content (AvgIpc) is 2.39. The molecule has 0 aliphatic carbocycles. The van der Waals surface area contributed by atoms with Gasteiger partial charge in [-0.25, -0.2) is 9.37 Å². The number of methoxy groups -OCH3 is 1. The molecule has 19 heavy (non-hydrogen) atoms. The lowest BCUT2D eigenvalue weighted by molar-refractivity contribution is 0.0992. The van der Waals surface area contributed by atoms with Gasteiger partial charge in [0.15, 0.2) is 17.3 Å². The monoisotopic (exact) mass is 260 g/mol. The summed E-state index contributed by atoms with van der Waals surface area (Å²) in [5.74, 6) is -0.210. The lowest BCUT2D eigenvalue weighted by atomic mass is 10.0. The van der Waals surface area contributed by atoms with Gasteiger partial charge in [0.2, 0.25) is 0 Å². The van der Waals surface area contributed by atoms with Crippen molar-refractivity contribution in [3.8, 4) is 5.75 Å². The van der Waals surface area contributed by atoms with Crippen LogP contribution >= 0.6 is 0 Å². The Hall–Kier alpha value is -2.43. The molecule has 2 aromatic rings. The van der Waals surface area contributed by atoms with E-state index < -0.39 is 5.82 Å². The summed E-state index contributed by atoms with van der Waals surface area (Å²) < 4.78 is 18.1. The molecular weight excluding hydrogens is 247 g/mol. The standard InChI is InChI=1S/C14H13FN2O2/c1-19-13-8-10(2-3-11(13)15)12(18)6-9-4-5-17-14(16)7-9/h2-5,7-8H,6H2,1H3,(H2,16,17). The summed E-state index contributed by atoms with van der Waals surface area (Å²) in [6.45, 7) is 0. The average molecular weight is 260 g/mol. The number of hydrogen-bond donors (Lipinski definition) is 1. The Kier molecular flexibility index (Phi) is 3.75. The van der Waals surface area contributed by atoms with Gasteiger partial charge in [0.1, 0.15) is 5.82 Å². The molecule has 0 amide bonds. The molecule has 0 unspecified atom stereocenters. The van der Waals surface area contributed by atoms with Crippen molar-refractivity contribution in [3.05, 3.63) is 53.5 Å². The number of aromatic nitrogens is 1. The predicted octanol–water partition coefficient (Wildman–Crippen LogP) is 2.24. The highest BCUT2D eigenvalue weighted by molar-refractivity contribution is 5.97. The van der Waals surface area contributed by atoms with E-state index in [0.717, 1.165) is 5.56 Å². The number of ether oxygens (including phenoxy) is 1. The number of ketones is 1. The molecule has 0 aliphatic heterocycles. The van der Waals surface area contributed by atoms with E-state index in [1.165, 1.54) is 25.3 Å². The maximum atomic E-state index is 13.3. The van der Waals surface area contributed by atoms with Crippen LogP contribution in [0.1, 0.15) is 15.9 Å². The molecule has 0 atom stereocenters. The quantitative estimate of drug-likeness (QED) is 0.856. The Morgan fingerprint density at radius 1 is 1.37 bits per heavy atom. The van der Waals surface area contributed by atoms with Gasteiger partial charge in [-0.2, -0.15) is 0 Å². The SMILES string of the molecule is COc1cc(C(=O)Cc2ccnc(N)c2)ccc1F. The predicted molar refractivity (Wildman–Crippen MR) is 69.6 cm³/mol. The van der Waals surface area contributed by atoms with Crippen LogP contribution in [0.4, 0.5) is 10.2 Å². The molecule has 2 N–H and O–H groups in total. The fourth-order valence-corrected chi connectivity index (χ4v) is 1.73. The molecule has 2 rings (SSSR count). The van der Waals surface area contributed by atoms with Gasteiger partial charge in [-0.15, -0.1) is 0 Å². The highest BCUT2D eigenvalue weighted by Crippen LogP contribution is 2.19. The minimum atomic E-state index is -0.493. The summed E-state index contributed by atoms with van der Waals surface area (Å²) in [6.07, 6.45) is 1.73. The number of nitrogens with two attached hydrogens (primary N) is 1. The largest absolute Gasteiger partial charge is 0.494 e. The van der Waals surface area contributed by atoms with Gasteiger partial charge < -0.3 is 10.5 Å². The van der Waals surface area contributed by atoms with Crippen LogP contribution in [0.5, 0.6) is 5.75 Å². The van der Waals surface area contributed by atoms with Crippen molar-refractivity contribution in [2.24, 2.45) is 0 Å². The summed E-state index contributed by atoms with van der Waals surface area (Å²) in [5.41, 5.74) is 6.71. The highest BCUT2D eigenvalue weighted by atomic mass is 19.1. The fourth-order valence-electron chi connectivity index (χ4n) is 1.73. The van der Waals surface area contributed by atoms with Gasteiger partial charge >= 0.3 is 0 Å². The fraction of sp³-hybridized carbons (Fsp3) is 0.143. The third-order valence-corrected chi connectivity index (χ3v) is 2.68. The van der Waals surface area contributed by atoms with Gasteiger partial charge in [-0.05, 0) is 35.9 Å². The zero-order valence-corrected chi connectivity index (χ0v) is 10.4. The van der Waals surface area contributed by atoms with E-state index in [9.17, 15) is 9.18 Å². The molecule has 1 aromatic carbocycles. The molecule has 0 fully saturated rings. The van der Waals surface area contributed by atoms with Crippen LogP contribution in [0.3, 0.4) is 0 Å². The lowest BCUT2D eigenvalue weighted by Crippen LogP contribution is -2.05. The zero-order chi connectivity index (χ0) is 13.8. The van der Waals surface area contributed by atoms with Gasteiger partial charge in [-0.1, -0.05) is 0 Å². The Morgan fingerprint density at radius 2 is 2.16 bits per heavy atom. The van der Waals surface area contributed by atoms with Crippen LogP contribution in [0.25, 0.3) is 0 Å². The summed E-state index contributed by atoms with van der Waals surface area (Å²) in [6, 6.07) is 7.40. The van der Waals surface area contributed by atoms with E-state index in [2.05, 4.69) is 4.98 Å². The van der Waals surface area contributed by atoms with Crippen LogP contribution in [0.2, 0.25) is 0 Å². The van der Waals surface area contributed by atoms with E-state index in [0.29, 0.717) is 11.4 Å². The number of nitrogen functional groups attached to an aromatic ring is 1. The number of anilines is 1. The summed E-state index contributed by atoms with van der Waals surface area (Å²) in [7, 11) is 1.36. The van der Waals surface area contributed by atoms with Gasteiger partial charge in [-0.3, -0.25) is 4.79 Å². The smallest absolute Gasteiger partial charge is 0.167 e. The lowest BCUT2D eigenvalue weighted by Gasteiger charge is -2.05. The van der Waals surface area contributed by atoms with Crippen molar-refractivity contribution in [1.29, 1.82) is 0 Å². The zero-order valence-electron chi connectivity index (χ0n) is 10.4. The second-order valence-corrected chi connectivity index (χ2v) is 4.04. The van der Waals surface area contributed by atoms with E-state index in [1.807, 2.05) is 0 Å². The minimum Gasteiger partial charge on any atom is -0.494 e. The van der Waals surface area contributed by atoms with Crippen molar-refractivity contribution in [2.45, 2.75) is 6.42 Å². The van der Waals surface area contributed by atoms with E-state index in [4.69, 9.17) is 10.5 Å². The van der Waals surface area contributed by atoms with Crippen molar-refractivity contribution < 1.29 is 13.9 Å². The Bertz CT molecular complexity index is 614. The first-order valence-corrected chi connectivity index (χ1v) is 5.67. The van der Waals surface area contributed by atoms with Crippen LogP contribution < -0.4 is 10.5 Å². The number of halogens is 1. The molecule has 0 bridgehead atoms. The molecular formula is C14H13FN2O2. The maximum absolute atomic E-state index is 13.3. The first-order chi connectivity index (χ1) is 9.10. The number of pyridine rings is 1. The van der Waals surface area contributed by atoms with Crippen LogP contribution in [0, 0.1) is 5.82 Å². The van der Waals surface area contributed by atoms with Gasteiger partial charge in [0, 0.05) is 18.2 Å². The van der Waals surface area contributed by atoms with Crippen LogP contribution in [-0.2, 0) is 6.42 Å². The van der Waals surface area contributed by atoms with E-state index >= 15 is 0 Å². The van der Waals surface area contributed by atoms with E-state index in [-0.39, 0.29) is 18.0 Å². The second kappa shape index (κ2) is 5.48. The first kappa shape index (κ1) is 13.0. The number of benzene rings is 1. The second-order valence-electron chi connectivity index (χ2n) is 4.04. The number of nitrogens with zero attached hydrogens (tertiary/aromatic N) is 1. The number of carbonyl (C=O) groups excluding carboxylic acids is 1. The number of rotatable bonds is 4. The molecule has 0 radical (unpaired) electrons. The number of carbonyl (C=O) groups is 1. The first-order valence-electron chi connectivity index (χ1n) is 5.67. The third-order valence-electron chi connectivity index (χ3n) is 2.68. The molecule has 98 valence electrons. The maximum Gasteiger partial charge on any atom is 0.167 e. The van der Waals surface area contributed by atoms with Crippen molar-refractivity contribution >= 4 is 11.6 Å². The van der Waals surface area contributed by atoms with Gasteiger partial charge in [0.25, 0.3) is 0 Å². The molecule has 5 heteroatoms. The number of hydrogen-bond acceptors (Lipinski definition) is 4. The Labute approximate surface area is 110 Å². The highest BCUT2D eigenvalue weighted by Gasteiger charge is 2.11. The Morgan fingerprint density at radius 3 is 2.84 bits per heavy atom. The Balaban J connectivity index is 2.20. The van der Waals surface area contributed by atoms with Gasteiger partial charge in [0.05, 0.1) is 7.11 Å². The summed E-state index contributed by atoms with van der Waals surface area (Å²) in [4.78, 5) is 15.9. The topological polar surface area (TPSA) is 65.2 Å². The molecule has 4 nitrogen and oxygen atoms in total. The summed E-state index contributed by atoms with van der Waals surface area (Å²) >= 11 is 0. The molecule has 0 aliphatic rings. The van der Waals surface area contributed by atoms with Crippen molar-refractivity contribution in [3.63, 3.8) is 0 Å². The molecule has 1 heterocycles. The van der Waals surface area contributed by atoms with E-state index in [1.54, 1.807) is 18.3 Å². The third kappa shape index (κ3) is 3.07. The number of Topliss-reactive ketones (excluding diaryl/α,β-unsaturated/α-hetero) is 1. The molecule has 0 saturated carbocycles. The normalized spacial score (nSPS) is 10.2.